The molecule has 0 amide bonds. The normalized spacial score (nSPS) is 19.2. The number of benzene rings is 1. The Bertz CT molecular complexity index is 773. The molecule has 2 aromatic rings. The van der Waals surface area contributed by atoms with Crippen LogP contribution in [0.1, 0.15) is 31.2 Å². The molecule has 1 saturated heterocycles. The number of nitrogens with one attached hydrogen (secondary N) is 1. The average molecular weight is 362 g/mol. The van der Waals surface area contributed by atoms with E-state index in [0.29, 0.717) is 32.0 Å². The second kappa shape index (κ2) is 8.12. The van der Waals surface area contributed by atoms with E-state index in [1.807, 2.05) is 24.4 Å². The highest BCUT2D eigenvalue weighted by molar-refractivity contribution is 7.87. The van der Waals surface area contributed by atoms with Crippen molar-refractivity contribution in [3.05, 3.63) is 54.1 Å². The Hall–Kier alpha value is -1.70. The molecular formula is C18H26N4O2S. The maximum absolute atomic E-state index is 12.4. The number of nitrogens with zero attached hydrogens (tertiary/aromatic N) is 3. The fourth-order valence-electron chi connectivity index (χ4n) is 3.24. The third-order valence-electron chi connectivity index (χ3n) is 4.59. The highest BCUT2D eigenvalue weighted by Gasteiger charge is 2.26. The van der Waals surface area contributed by atoms with Crippen molar-refractivity contribution in [2.75, 3.05) is 19.6 Å². The molecule has 1 aromatic heterocycles. The van der Waals surface area contributed by atoms with Gasteiger partial charge in [-0.2, -0.15) is 12.7 Å². The summed E-state index contributed by atoms with van der Waals surface area (Å²) in [6.07, 6.45) is 6.30. The van der Waals surface area contributed by atoms with E-state index in [1.54, 1.807) is 10.5 Å². The van der Waals surface area contributed by atoms with Gasteiger partial charge in [0, 0.05) is 45.0 Å². The van der Waals surface area contributed by atoms with Crippen molar-refractivity contribution in [3.8, 4) is 0 Å². The molecule has 7 heteroatoms. The van der Waals surface area contributed by atoms with Gasteiger partial charge in [0.2, 0.25) is 0 Å². The first-order valence-electron chi connectivity index (χ1n) is 8.83. The fourth-order valence-corrected chi connectivity index (χ4v) is 4.60. The maximum atomic E-state index is 12.4. The van der Waals surface area contributed by atoms with Crippen LogP contribution in [0.3, 0.4) is 0 Å². The van der Waals surface area contributed by atoms with Crippen LogP contribution in [-0.4, -0.2) is 41.9 Å². The van der Waals surface area contributed by atoms with Gasteiger partial charge in [0.25, 0.3) is 10.2 Å². The molecule has 136 valence electrons. The Labute approximate surface area is 150 Å². The maximum Gasteiger partial charge on any atom is 0.279 e. The minimum Gasteiger partial charge on any atom is -0.330 e. The molecule has 6 nitrogen and oxygen atoms in total. The van der Waals surface area contributed by atoms with Crippen molar-refractivity contribution in [1.82, 2.24) is 18.6 Å². The van der Waals surface area contributed by atoms with Crippen LogP contribution in [0.2, 0.25) is 0 Å². The van der Waals surface area contributed by atoms with E-state index in [4.69, 9.17) is 0 Å². The van der Waals surface area contributed by atoms with Crippen LogP contribution in [0.15, 0.2) is 42.7 Å². The van der Waals surface area contributed by atoms with Gasteiger partial charge in [-0.3, -0.25) is 0 Å². The van der Waals surface area contributed by atoms with Crippen molar-refractivity contribution >= 4 is 10.2 Å². The summed E-state index contributed by atoms with van der Waals surface area (Å²) in [5, 5.41) is 0. The highest BCUT2D eigenvalue weighted by atomic mass is 32.2. The molecule has 1 aliphatic rings. The van der Waals surface area contributed by atoms with Crippen molar-refractivity contribution < 1.29 is 8.42 Å². The zero-order valence-corrected chi connectivity index (χ0v) is 15.5. The predicted octanol–water partition coefficient (Wildman–Crippen LogP) is 2.04. The van der Waals surface area contributed by atoms with Crippen LogP contribution in [0.5, 0.6) is 0 Å². The zero-order chi connectivity index (χ0) is 17.7. The number of rotatable bonds is 7. The first-order valence-corrected chi connectivity index (χ1v) is 10.3. The SMILES string of the molecule is CC1CCCN(S(=O)(=O)NCCc2nccn2Cc2ccccc2)C1. The highest BCUT2D eigenvalue weighted by Crippen LogP contribution is 2.17. The molecule has 2 heterocycles. The lowest BCUT2D eigenvalue weighted by atomic mass is 10.0. The van der Waals surface area contributed by atoms with Crippen LogP contribution >= 0.6 is 0 Å². The van der Waals surface area contributed by atoms with Crippen molar-refractivity contribution in [2.24, 2.45) is 5.92 Å². The molecule has 0 bridgehead atoms. The molecule has 1 aromatic carbocycles. The number of aromatic nitrogens is 2. The smallest absolute Gasteiger partial charge is 0.279 e. The lowest BCUT2D eigenvalue weighted by Crippen LogP contribution is -2.46. The number of imidazole rings is 1. The molecule has 1 aliphatic heterocycles. The Kier molecular flexibility index (Phi) is 5.88. The van der Waals surface area contributed by atoms with E-state index in [9.17, 15) is 8.42 Å². The third kappa shape index (κ3) is 4.90. The second-order valence-corrected chi connectivity index (χ2v) is 8.47. The molecule has 1 fully saturated rings. The Morgan fingerprint density at radius 3 is 2.84 bits per heavy atom. The summed E-state index contributed by atoms with van der Waals surface area (Å²) in [5.41, 5.74) is 1.20. The standard InChI is InChI=1S/C18H26N4O2S/c1-16-6-5-12-22(14-16)25(23,24)20-10-9-18-19-11-13-21(18)15-17-7-3-2-4-8-17/h2-4,7-8,11,13,16,20H,5-6,9-10,12,14-15H2,1H3. The first-order chi connectivity index (χ1) is 12.0. The molecule has 0 spiro atoms. The van der Waals surface area contributed by atoms with Gasteiger partial charge < -0.3 is 4.57 Å². The average Bonchev–Trinajstić information content (AvgIpc) is 3.03. The van der Waals surface area contributed by atoms with E-state index in [0.717, 1.165) is 25.2 Å². The van der Waals surface area contributed by atoms with Gasteiger partial charge in [0.15, 0.2) is 0 Å². The number of hydrogen-bond donors (Lipinski definition) is 1. The van der Waals surface area contributed by atoms with Gasteiger partial charge in [-0.25, -0.2) is 9.71 Å². The van der Waals surface area contributed by atoms with Gasteiger partial charge in [-0.1, -0.05) is 37.3 Å². The van der Waals surface area contributed by atoms with Gasteiger partial charge in [0.1, 0.15) is 5.82 Å². The van der Waals surface area contributed by atoms with Crippen LogP contribution < -0.4 is 4.72 Å². The second-order valence-electron chi connectivity index (χ2n) is 6.71. The van der Waals surface area contributed by atoms with E-state index in [2.05, 4.69) is 33.3 Å². The quantitative estimate of drug-likeness (QED) is 0.820. The Morgan fingerprint density at radius 1 is 1.28 bits per heavy atom. The van der Waals surface area contributed by atoms with Gasteiger partial charge in [0.05, 0.1) is 0 Å². The fraction of sp³-hybridized carbons (Fsp3) is 0.500. The molecule has 1 atom stereocenters. The zero-order valence-electron chi connectivity index (χ0n) is 14.6. The molecule has 25 heavy (non-hydrogen) atoms. The molecule has 0 saturated carbocycles. The summed E-state index contributed by atoms with van der Waals surface area (Å²) >= 11 is 0. The lowest BCUT2D eigenvalue weighted by Gasteiger charge is -2.29. The van der Waals surface area contributed by atoms with E-state index >= 15 is 0 Å². The summed E-state index contributed by atoms with van der Waals surface area (Å²) in [7, 11) is -3.39. The predicted molar refractivity (Wildman–Crippen MR) is 98.4 cm³/mol. The van der Waals surface area contributed by atoms with Gasteiger partial charge in [-0.15, -0.1) is 0 Å². The summed E-state index contributed by atoms with van der Waals surface area (Å²) in [4.78, 5) is 4.37. The lowest BCUT2D eigenvalue weighted by molar-refractivity contribution is 0.278. The molecule has 0 radical (unpaired) electrons. The van der Waals surface area contributed by atoms with Gasteiger partial charge in [-0.05, 0) is 24.3 Å². The largest absolute Gasteiger partial charge is 0.330 e. The molecular weight excluding hydrogens is 336 g/mol. The molecule has 3 rings (SSSR count). The molecule has 1 N–H and O–H groups in total. The minimum absolute atomic E-state index is 0.360. The summed E-state index contributed by atoms with van der Waals surface area (Å²) in [6.45, 7) is 4.42. The Balaban J connectivity index is 1.55. The van der Waals surface area contributed by atoms with Crippen LogP contribution in [0.4, 0.5) is 0 Å². The minimum atomic E-state index is -3.39. The monoisotopic (exact) mass is 362 g/mol. The molecule has 0 aliphatic carbocycles. The summed E-state index contributed by atoms with van der Waals surface area (Å²) < 4.78 is 31.2. The summed E-state index contributed by atoms with van der Waals surface area (Å²) in [5.74, 6) is 1.31. The van der Waals surface area contributed by atoms with E-state index in [1.165, 1.54) is 5.56 Å². The Morgan fingerprint density at radius 2 is 2.08 bits per heavy atom. The van der Waals surface area contributed by atoms with E-state index in [-0.39, 0.29) is 0 Å². The molecule has 1 unspecified atom stereocenters. The van der Waals surface area contributed by atoms with Crippen LogP contribution in [0.25, 0.3) is 0 Å². The van der Waals surface area contributed by atoms with E-state index < -0.39 is 10.2 Å². The number of piperidine rings is 1. The number of hydrogen-bond acceptors (Lipinski definition) is 3. The van der Waals surface area contributed by atoms with Crippen LogP contribution in [0, 0.1) is 5.92 Å². The van der Waals surface area contributed by atoms with Gasteiger partial charge >= 0.3 is 0 Å². The van der Waals surface area contributed by atoms with Crippen molar-refractivity contribution in [1.29, 1.82) is 0 Å². The summed E-state index contributed by atoms with van der Waals surface area (Å²) in [6, 6.07) is 10.2. The third-order valence-corrected chi connectivity index (χ3v) is 6.17. The van der Waals surface area contributed by atoms with Crippen molar-refractivity contribution in [2.45, 2.75) is 32.7 Å². The first kappa shape index (κ1) is 18.1. The topological polar surface area (TPSA) is 67.2 Å². The van der Waals surface area contributed by atoms with Crippen molar-refractivity contribution in [3.63, 3.8) is 0 Å². The van der Waals surface area contributed by atoms with Crippen LogP contribution in [-0.2, 0) is 23.2 Å².